The Hall–Kier alpha value is 0.270. The van der Waals surface area contributed by atoms with Gasteiger partial charge in [-0.1, -0.05) is 12.8 Å². The van der Waals surface area contributed by atoms with Gasteiger partial charge >= 0.3 is 0 Å². The number of hydrogen-bond donors (Lipinski definition) is 1. The molecule has 1 aliphatic rings. The van der Waals surface area contributed by atoms with Crippen LogP contribution in [0, 0.1) is 0 Å². The van der Waals surface area contributed by atoms with Gasteiger partial charge in [0.25, 0.3) is 0 Å². The van der Waals surface area contributed by atoms with E-state index in [4.69, 9.17) is 0 Å². The van der Waals surface area contributed by atoms with Crippen LogP contribution in [0.2, 0.25) is 0 Å². The molecule has 0 aliphatic carbocycles. The second-order valence-electron chi connectivity index (χ2n) is 4.26. The molecule has 1 N–H and O–H groups in total. The van der Waals surface area contributed by atoms with Crippen molar-refractivity contribution in [1.82, 2.24) is 10.2 Å². The summed E-state index contributed by atoms with van der Waals surface area (Å²) in [6.07, 6.45) is 7.73. The van der Waals surface area contributed by atoms with Gasteiger partial charge in [0.2, 0.25) is 0 Å². The van der Waals surface area contributed by atoms with Crippen molar-refractivity contribution in [2.24, 2.45) is 0 Å². The molecule has 84 valence electrons. The molecule has 0 aromatic rings. The number of rotatable bonds is 5. The molecule has 0 bridgehead atoms. The number of nitrogens with one attached hydrogen (secondary N) is 1. The van der Waals surface area contributed by atoms with Crippen molar-refractivity contribution in [2.75, 3.05) is 38.7 Å². The first-order valence-electron chi connectivity index (χ1n) is 5.74. The van der Waals surface area contributed by atoms with Gasteiger partial charge in [0.1, 0.15) is 0 Å². The molecule has 1 unspecified atom stereocenters. The van der Waals surface area contributed by atoms with Crippen LogP contribution in [-0.2, 0) is 0 Å². The predicted octanol–water partition coefficient (Wildman–Crippen LogP) is 1.81. The lowest BCUT2D eigenvalue weighted by Gasteiger charge is -2.23. The van der Waals surface area contributed by atoms with Crippen LogP contribution in [0.1, 0.15) is 25.7 Å². The van der Waals surface area contributed by atoms with Crippen molar-refractivity contribution in [3.05, 3.63) is 0 Å². The lowest BCUT2D eigenvalue weighted by molar-refractivity contribution is 0.299. The third-order valence-electron chi connectivity index (χ3n) is 2.87. The van der Waals surface area contributed by atoms with Gasteiger partial charge in [0.15, 0.2) is 0 Å². The molecule has 2 nitrogen and oxygen atoms in total. The number of nitrogens with zero attached hydrogens (tertiary/aromatic N) is 1. The Morgan fingerprint density at radius 3 is 3.00 bits per heavy atom. The SMILES string of the molecule is CSCCN(C)CC1CCCCCN1. The molecule has 0 aromatic carbocycles. The maximum atomic E-state index is 3.64. The van der Waals surface area contributed by atoms with E-state index in [0.29, 0.717) is 0 Å². The molecule has 1 fully saturated rings. The monoisotopic (exact) mass is 216 g/mol. The summed E-state index contributed by atoms with van der Waals surface area (Å²) in [6, 6.07) is 0.740. The van der Waals surface area contributed by atoms with E-state index in [2.05, 4.69) is 23.5 Å². The highest BCUT2D eigenvalue weighted by Crippen LogP contribution is 2.09. The Morgan fingerprint density at radius 2 is 2.21 bits per heavy atom. The van der Waals surface area contributed by atoms with Gasteiger partial charge in [-0.05, 0) is 32.7 Å². The number of thioether (sulfide) groups is 1. The first-order valence-corrected chi connectivity index (χ1v) is 7.13. The smallest absolute Gasteiger partial charge is 0.0194 e. The number of likely N-dealkylation sites (N-methyl/N-ethyl adjacent to an activating group) is 1. The summed E-state index contributed by atoms with van der Waals surface area (Å²) < 4.78 is 0. The van der Waals surface area contributed by atoms with E-state index in [9.17, 15) is 0 Å². The van der Waals surface area contributed by atoms with Crippen LogP contribution in [0.15, 0.2) is 0 Å². The van der Waals surface area contributed by atoms with Gasteiger partial charge in [0, 0.05) is 24.9 Å². The second-order valence-corrected chi connectivity index (χ2v) is 5.24. The van der Waals surface area contributed by atoms with Crippen molar-refractivity contribution in [1.29, 1.82) is 0 Å². The van der Waals surface area contributed by atoms with Crippen LogP contribution in [0.5, 0.6) is 0 Å². The molecule has 0 saturated carbocycles. The standard InChI is InChI=1S/C11H24N2S/c1-13(8-9-14-2)10-11-6-4-3-5-7-12-11/h11-12H,3-10H2,1-2H3. The normalized spacial score (nSPS) is 23.8. The van der Waals surface area contributed by atoms with E-state index < -0.39 is 0 Å². The van der Waals surface area contributed by atoms with E-state index in [0.717, 1.165) is 6.04 Å². The van der Waals surface area contributed by atoms with Crippen LogP contribution in [0.3, 0.4) is 0 Å². The van der Waals surface area contributed by atoms with Gasteiger partial charge in [-0.2, -0.15) is 11.8 Å². The molecular weight excluding hydrogens is 192 g/mol. The fraction of sp³-hybridized carbons (Fsp3) is 1.00. The lowest BCUT2D eigenvalue weighted by Crippen LogP contribution is -2.39. The van der Waals surface area contributed by atoms with Crippen LogP contribution < -0.4 is 5.32 Å². The van der Waals surface area contributed by atoms with Crippen molar-refractivity contribution < 1.29 is 0 Å². The molecule has 0 spiro atoms. The highest BCUT2D eigenvalue weighted by atomic mass is 32.2. The van der Waals surface area contributed by atoms with Gasteiger partial charge in [-0.25, -0.2) is 0 Å². The van der Waals surface area contributed by atoms with Crippen LogP contribution in [0.25, 0.3) is 0 Å². The molecule has 1 rings (SSSR count). The summed E-state index contributed by atoms with van der Waals surface area (Å²) in [7, 11) is 2.24. The molecule has 0 amide bonds. The minimum absolute atomic E-state index is 0.740. The van der Waals surface area contributed by atoms with Crippen molar-refractivity contribution in [3.8, 4) is 0 Å². The van der Waals surface area contributed by atoms with E-state index in [1.165, 1.54) is 51.1 Å². The first kappa shape index (κ1) is 12.3. The summed E-state index contributed by atoms with van der Waals surface area (Å²) in [4.78, 5) is 2.46. The molecule has 14 heavy (non-hydrogen) atoms. The minimum Gasteiger partial charge on any atom is -0.313 e. The highest BCUT2D eigenvalue weighted by Gasteiger charge is 2.12. The fourth-order valence-electron chi connectivity index (χ4n) is 1.97. The summed E-state index contributed by atoms with van der Waals surface area (Å²) >= 11 is 1.93. The van der Waals surface area contributed by atoms with Crippen LogP contribution in [0.4, 0.5) is 0 Å². The first-order chi connectivity index (χ1) is 6.83. The molecule has 1 aliphatic heterocycles. The zero-order chi connectivity index (χ0) is 10.2. The quantitative estimate of drug-likeness (QED) is 0.754. The Kier molecular flexibility index (Phi) is 6.65. The zero-order valence-corrected chi connectivity index (χ0v) is 10.4. The molecule has 1 saturated heterocycles. The third kappa shape index (κ3) is 5.23. The van der Waals surface area contributed by atoms with Crippen LogP contribution >= 0.6 is 11.8 Å². The molecule has 1 atom stereocenters. The summed E-state index contributed by atoms with van der Waals surface area (Å²) in [6.45, 7) is 3.67. The van der Waals surface area contributed by atoms with Crippen molar-refractivity contribution in [2.45, 2.75) is 31.7 Å². The highest BCUT2D eigenvalue weighted by molar-refractivity contribution is 7.98. The van der Waals surface area contributed by atoms with E-state index in [1.54, 1.807) is 0 Å². The minimum atomic E-state index is 0.740. The average molecular weight is 216 g/mol. The summed E-state index contributed by atoms with van der Waals surface area (Å²) in [5.74, 6) is 1.25. The largest absolute Gasteiger partial charge is 0.313 e. The predicted molar refractivity (Wildman–Crippen MR) is 66.1 cm³/mol. The maximum Gasteiger partial charge on any atom is 0.0194 e. The van der Waals surface area contributed by atoms with Gasteiger partial charge < -0.3 is 10.2 Å². The van der Waals surface area contributed by atoms with E-state index in [-0.39, 0.29) is 0 Å². The number of hydrogen-bond acceptors (Lipinski definition) is 3. The van der Waals surface area contributed by atoms with Gasteiger partial charge in [0.05, 0.1) is 0 Å². The van der Waals surface area contributed by atoms with Crippen molar-refractivity contribution >= 4 is 11.8 Å². The second kappa shape index (κ2) is 7.55. The molecule has 3 heteroatoms. The molecule has 0 aromatic heterocycles. The summed E-state index contributed by atoms with van der Waals surface area (Å²) in [5.41, 5.74) is 0. The van der Waals surface area contributed by atoms with Gasteiger partial charge in [-0.15, -0.1) is 0 Å². The Labute approximate surface area is 92.8 Å². The van der Waals surface area contributed by atoms with E-state index in [1.807, 2.05) is 11.8 Å². The zero-order valence-electron chi connectivity index (χ0n) is 9.59. The summed E-state index contributed by atoms with van der Waals surface area (Å²) in [5, 5.41) is 3.64. The Bertz CT molecular complexity index is 133. The third-order valence-corrected chi connectivity index (χ3v) is 3.46. The van der Waals surface area contributed by atoms with E-state index >= 15 is 0 Å². The van der Waals surface area contributed by atoms with Gasteiger partial charge in [-0.3, -0.25) is 0 Å². The van der Waals surface area contributed by atoms with Crippen LogP contribution in [-0.4, -0.2) is 49.6 Å². The molecule has 1 heterocycles. The molecule has 0 radical (unpaired) electrons. The fourth-order valence-corrected chi connectivity index (χ4v) is 2.47. The Morgan fingerprint density at radius 1 is 1.36 bits per heavy atom. The lowest BCUT2D eigenvalue weighted by atomic mass is 10.1. The maximum absolute atomic E-state index is 3.64. The average Bonchev–Trinajstić information content (AvgIpc) is 2.43. The topological polar surface area (TPSA) is 15.3 Å². The molecular formula is C11H24N2S. The van der Waals surface area contributed by atoms with Crippen molar-refractivity contribution in [3.63, 3.8) is 0 Å². The Balaban J connectivity index is 2.13.